The van der Waals surface area contributed by atoms with Gasteiger partial charge in [-0.25, -0.2) is 13.4 Å². The third kappa shape index (κ3) is 4.78. The van der Waals surface area contributed by atoms with Gasteiger partial charge in [0.05, 0.1) is 22.3 Å². The molecule has 0 radical (unpaired) electrons. The van der Waals surface area contributed by atoms with Crippen LogP contribution in [0.5, 0.6) is 0 Å². The van der Waals surface area contributed by atoms with Crippen LogP contribution >= 0.6 is 11.3 Å². The van der Waals surface area contributed by atoms with Crippen molar-refractivity contribution in [1.29, 1.82) is 0 Å². The van der Waals surface area contributed by atoms with Gasteiger partial charge in [-0.05, 0) is 55.7 Å². The predicted molar refractivity (Wildman–Crippen MR) is 112 cm³/mol. The Labute approximate surface area is 178 Å². The van der Waals surface area contributed by atoms with E-state index in [-0.39, 0.29) is 32.9 Å². The third-order valence-electron chi connectivity index (χ3n) is 5.83. The van der Waals surface area contributed by atoms with Gasteiger partial charge in [-0.15, -0.1) is 0 Å². The van der Waals surface area contributed by atoms with Crippen molar-refractivity contribution < 1.29 is 22.4 Å². The summed E-state index contributed by atoms with van der Waals surface area (Å²) < 4.78 is 38.1. The zero-order valence-electron chi connectivity index (χ0n) is 16.3. The Morgan fingerprint density at radius 1 is 1.17 bits per heavy atom. The quantitative estimate of drug-likeness (QED) is 0.686. The highest BCUT2D eigenvalue weighted by Gasteiger charge is 2.37. The first-order valence-electron chi connectivity index (χ1n) is 10.1. The van der Waals surface area contributed by atoms with Crippen LogP contribution < -0.4 is 5.32 Å². The fourth-order valence-electron chi connectivity index (χ4n) is 3.93. The molecule has 4 rings (SSSR count). The fraction of sp³-hybridized carbons (Fsp3) is 0.476. The normalized spacial score (nSPS) is 18.9. The number of nitrogens with zero attached hydrogens (tertiary/aromatic N) is 1. The van der Waals surface area contributed by atoms with Crippen molar-refractivity contribution in [1.82, 2.24) is 4.98 Å². The summed E-state index contributed by atoms with van der Waals surface area (Å²) >= 11 is 0.757. The highest BCUT2D eigenvalue weighted by atomic mass is 32.2. The minimum absolute atomic E-state index is 0.189. The van der Waals surface area contributed by atoms with E-state index in [1.54, 1.807) is 24.3 Å². The zero-order valence-corrected chi connectivity index (χ0v) is 18.0. The van der Waals surface area contributed by atoms with E-state index in [0.29, 0.717) is 37.7 Å². The molecule has 2 aliphatic rings. The molecule has 30 heavy (non-hydrogen) atoms. The van der Waals surface area contributed by atoms with E-state index in [9.17, 15) is 22.4 Å². The first-order valence-corrected chi connectivity index (χ1v) is 12.5. The number of aromatic nitrogens is 1. The number of Topliss-reactive ketones (excluding diaryl/α,β-unsaturated/α-hetero) is 1. The number of carbonyl (C=O) groups excluding carboxylic acids is 2. The van der Waals surface area contributed by atoms with Gasteiger partial charge in [0.1, 0.15) is 5.78 Å². The average Bonchev–Trinajstić information content (AvgIpc) is 3.51. The molecule has 0 spiro atoms. The molecule has 2 aromatic rings. The summed E-state index contributed by atoms with van der Waals surface area (Å²) in [6, 6.07) is 6.51. The number of anilines is 1. The van der Waals surface area contributed by atoms with Crippen LogP contribution in [0.4, 0.5) is 9.52 Å². The van der Waals surface area contributed by atoms with Gasteiger partial charge in [-0.3, -0.25) is 9.59 Å². The molecule has 1 unspecified atom stereocenters. The van der Waals surface area contributed by atoms with Crippen LogP contribution in [0.3, 0.4) is 0 Å². The number of rotatable bonds is 7. The Morgan fingerprint density at radius 3 is 2.40 bits per heavy atom. The first-order chi connectivity index (χ1) is 14.3. The first kappa shape index (κ1) is 21.1. The van der Waals surface area contributed by atoms with Crippen LogP contribution in [0.15, 0.2) is 35.4 Å². The molecule has 0 saturated heterocycles. The number of ketones is 1. The van der Waals surface area contributed by atoms with Crippen LogP contribution in [0.25, 0.3) is 0 Å². The lowest BCUT2D eigenvalue weighted by Gasteiger charge is -2.25. The second-order valence-corrected chi connectivity index (χ2v) is 11.3. The average molecular weight is 451 g/mol. The summed E-state index contributed by atoms with van der Waals surface area (Å²) in [6.45, 7) is 0. The Morgan fingerprint density at radius 2 is 1.83 bits per heavy atom. The van der Waals surface area contributed by atoms with E-state index in [1.807, 2.05) is 0 Å². The van der Waals surface area contributed by atoms with Crippen LogP contribution in [0.1, 0.15) is 56.4 Å². The number of sulfone groups is 1. The molecule has 1 N–H and O–H groups in total. The Hall–Kier alpha value is -2.13. The standard InChI is InChI=1S/C21H23FN2O4S2/c22-19-12-23-21(29-19)24-20(26)18(11-13-1-5-15(25)6-2-13)14-3-7-16(8-4-14)30(27,28)17-9-10-17/h3-4,7-8,12-13,17-18H,1-2,5-6,9-11H2,(H,23,24,26). The summed E-state index contributed by atoms with van der Waals surface area (Å²) in [7, 11) is -3.30. The number of hydrogen-bond acceptors (Lipinski definition) is 6. The van der Waals surface area contributed by atoms with Gasteiger partial charge in [0.2, 0.25) is 5.91 Å². The zero-order chi connectivity index (χ0) is 21.3. The van der Waals surface area contributed by atoms with Crippen LogP contribution in [-0.2, 0) is 19.4 Å². The Kier molecular flexibility index (Phi) is 6.02. The molecule has 1 heterocycles. The van der Waals surface area contributed by atoms with E-state index < -0.39 is 20.9 Å². The van der Waals surface area contributed by atoms with E-state index in [4.69, 9.17) is 0 Å². The summed E-state index contributed by atoms with van der Waals surface area (Å²) in [5.74, 6) is -0.367. The molecule has 0 bridgehead atoms. The van der Waals surface area contributed by atoms with Crippen molar-refractivity contribution in [3.05, 3.63) is 41.2 Å². The maximum atomic E-state index is 13.3. The number of hydrogen-bond donors (Lipinski definition) is 1. The maximum absolute atomic E-state index is 13.3. The maximum Gasteiger partial charge on any atom is 0.233 e. The molecule has 1 aromatic carbocycles. The molecule has 2 fully saturated rings. The Bertz CT molecular complexity index is 1040. The number of thiazole rings is 1. The molecule has 1 atom stereocenters. The lowest BCUT2D eigenvalue weighted by atomic mass is 9.80. The van der Waals surface area contributed by atoms with Crippen molar-refractivity contribution in [3.63, 3.8) is 0 Å². The highest BCUT2D eigenvalue weighted by molar-refractivity contribution is 7.92. The largest absolute Gasteiger partial charge is 0.301 e. The lowest BCUT2D eigenvalue weighted by Crippen LogP contribution is -2.25. The van der Waals surface area contributed by atoms with E-state index >= 15 is 0 Å². The van der Waals surface area contributed by atoms with Crippen LogP contribution in [0.2, 0.25) is 0 Å². The summed E-state index contributed by atoms with van der Waals surface area (Å²) in [6.07, 6.45) is 5.51. The summed E-state index contributed by atoms with van der Waals surface area (Å²) in [4.78, 5) is 28.7. The van der Waals surface area contributed by atoms with Gasteiger partial charge >= 0.3 is 0 Å². The molecule has 1 amide bonds. The molecule has 9 heteroatoms. The van der Waals surface area contributed by atoms with Gasteiger partial charge in [0.15, 0.2) is 20.1 Å². The third-order valence-corrected chi connectivity index (χ3v) is 8.81. The van der Waals surface area contributed by atoms with Crippen molar-refractivity contribution in [2.24, 2.45) is 5.92 Å². The highest BCUT2D eigenvalue weighted by Crippen LogP contribution is 2.36. The summed E-state index contributed by atoms with van der Waals surface area (Å²) in [5, 5.41) is 2.09. The molecule has 1 aromatic heterocycles. The second-order valence-electron chi connectivity index (χ2n) is 8.04. The molecule has 160 valence electrons. The number of halogens is 1. The monoisotopic (exact) mass is 450 g/mol. The van der Waals surface area contributed by atoms with Gasteiger partial charge < -0.3 is 5.32 Å². The van der Waals surface area contributed by atoms with Gasteiger partial charge in [-0.2, -0.15) is 4.39 Å². The minimum Gasteiger partial charge on any atom is -0.301 e. The van der Waals surface area contributed by atoms with Gasteiger partial charge in [0.25, 0.3) is 0 Å². The number of amides is 1. The van der Waals surface area contributed by atoms with Gasteiger partial charge in [-0.1, -0.05) is 23.5 Å². The number of nitrogens with one attached hydrogen (secondary N) is 1. The number of benzene rings is 1. The SMILES string of the molecule is O=C1CCC(CC(C(=O)Nc2ncc(F)s2)c2ccc(S(=O)(=O)C3CC3)cc2)CC1. The topological polar surface area (TPSA) is 93.2 Å². The molecular weight excluding hydrogens is 427 g/mol. The fourth-order valence-corrected chi connectivity index (χ4v) is 6.13. The number of carbonyl (C=O) groups is 2. The van der Waals surface area contributed by atoms with Crippen molar-refractivity contribution >= 4 is 38.0 Å². The molecule has 2 aliphatic carbocycles. The molecule has 2 saturated carbocycles. The van der Waals surface area contributed by atoms with Crippen molar-refractivity contribution in [2.45, 2.75) is 61.0 Å². The van der Waals surface area contributed by atoms with E-state index in [2.05, 4.69) is 10.3 Å². The Balaban J connectivity index is 1.55. The lowest BCUT2D eigenvalue weighted by molar-refractivity contribution is -0.121. The van der Waals surface area contributed by atoms with Crippen molar-refractivity contribution in [2.75, 3.05) is 5.32 Å². The molecule has 6 nitrogen and oxygen atoms in total. The van der Waals surface area contributed by atoms with Gasteiger partial charge in [0, 0.05) is 12.8 Å². The minimum atomic E-state index is -3.30. The smallest absolute Gasteiger partial charge is 0.233 e. The van der Waals surface area contributed by atoms with E-state index in [1.165, 1.54) is 0 Å². The second kappa shape index (κ2) is 8.55. The van der Waals surface area contributed by atoms with E-state index in [0.717, 1.165) is 30.4 Å². The van der Waals surface area contributed by atoms with Crippen LogP contribution in [0, 0.1) is 11.0 Å². The predicted octanol–water partition coefficient (Wildman–Crippen LogP) is 4.09. The van der Waals surface area contributed by atoms with Crippen molar-refractivity contribution in [3.8, 4) is 0 Å². The summed E-state index contributed by atoms with van der Waals surface area (Å²) in [5.41, 5.74) is 0.705. The van der Waals surface area contributed by atoms with Crippen LogP contribution in [-0.4, -0.2) is 30.3 Å². The molecule has 0 aliphatic heterocycles. The molecular formula is C21H23FN2O4S2.